The van der Waals surface area contributed by atoms with Crippen LogP contribution >= 0.6 is 11.3 Å². The van der Waals surface area contributed by atoms with Gasteiger partial charge in [0.2, 0.25) is 0 Å². The first kappa shape index (κ1) is 10.3. The highest BCUT2D eigenvalue weighted by atomic mass is 32.1. The van der Waals surface area contributed by atoms with Crippen molar-refractivity contribution in [3.05, 3.63) is 10.8 Å². The molecule has 0 saturated carbocycles. The molecule has 1 atom stereocenters. The Hall–Kier alpha value is -0.780. The van der Waals surface area contributed by atoms with Crippen molar-refractivity contribution in [3.8, 4) is 11.5 Å². The van der Waals surface area contributed by atoms with Gasteiger partial charge in [-0.2, -0.15) is 0 Å². The largest absolute Gasteiger partial charge is 0.492 e. The molecule has 0 saturated heterocycles. The van der Waals surface area contributed by atoms with E-state index in [0.717, 1.165) is 0 Å². The second kappa shape index (κ2) is 5.06. The quantitative estimate of drug-likeness (QED) is 0.732. The first-order valence-corrected chi connectivity index (χ1v) is 4.74. The third-order valence-electron chi connectivity index (χ3n) is 1.45. The van der Waals surface area contributed by atoms with E-state index in [4.69, 9.17) is 19.7 Å². The lowest BCUT2D eigenvalue weighted by molar-refractivity contribution is 0.0529. The molecule has 0 spiro atoms. The number of aliphatic hydroxyl groups excluding tert-OH is 2. The van der Waals surface area contributed by atoms with Gasteiger partial charge in [-0.1, -0.05) is 0 Å². The first-order chi connectivity index (χ1) is 6.27. The first-order valence-electron chi connectivity index (χ1n) is 3.79. The standard InChI is InChI=1S/C8H12O4S/c1-11-7-4-13-5-8(7)12-3-6(10)2-9/h4-6,9-10H,2-3H2,1H3. The monoisotopic (exact) mass is 204 g/mol. The molecule has 0 bridgehead atoms. The highest BCUT2D eigenvalue weighted by Gasteiger charge is 2.07. The zero-order chi connectivity index (χ0) is 9.68. The molecule has 1 aromatic heterocycles. The summed E-state index contributed by atoms with van der Waals surface area (Å²) in [6.07, 6.45) is -0.843. The second-order valence-electron chi connectivity index (χ2n) is 2.45. The Morgan fingerprint density at radius 2 is 2.15 bits per heavy atom. The van der Waals surface area contributed by atoms with Crippen LogP contribution in [0.2, 0.25) is 0 Å². The Kier molecular flexibility index (Phi) is 4.01. The fourth-order valence-electron chi connectivity index (χ4n) is 0.766. The van der Waals surface area contributed by atoms with Crippen LogP contribution < -0.4 is 9.47 Å². The van der Waals surface area contributed by atoms with E-state index in [2.05, 4.69) is 0 Å². The molecule has 0 radical (unpaired) electrons. The predicted octanol–water partition coefficient (Wildman–Crippen LogP) is 0.489. The summed E-state index contributed by atoms with van der Waals surface area (Å²) in [5, 5.41) is 21.1. The Balaban J connectivity index is 2.44. The van der Waals surface area contributed by atoms with Gasteiger partial charge in [0.25, 0.3) is 0 Å². The minimum absolute atomic E-state index is 0.0730. The van der Waals surface area contributed by atoms with Gasteiger partial charge >= 0.3 is 0 Å². The summed E-state index contributed by atoms with van der Waals surface area (Å²) >= 11 is 1.46. The summed E-state index contributed by atoms with van der Waals surface area (Å²) in [7, 11) is 1.55. The SMILES string of the molecule is COc1cscc1OCC(O)CO. The van der Waals surface area contributed by atoms with Gasteiger partial charge < -0.3 is 19.7 Å². The molecule has 5 heteroatoms. The number of thiophene rings is 1. The van der Waals surface area contributed by atoms with E-state index in [1.54, 1.807) is 17.9 Å². The molecular weight excluding hydrogens is 192 g/mol. The van der Waals surface area contributed by atoms with Crippen LogP contribution in [0.15, 0.2) is 10.8 Å². The molecule has 13 heavy (non-hydrogen) atoms. The van der Waals surface area contributed by atoms with Crippen LogP contribution in [0.1, 0.15) is 0 Å². The number of methoxy groups -OCH3 is 1. The van der Waals surface area contributed by atoms with Crippen LogP contribution in [-0.2, 0) is 0 Å². The molecule has 1 heterocycles. The highest BCUT2D eigenvalue weighted by Crippen LogP contribution is 2.30. The smallest absolute Gasteiger partial charge is 0.171 e. The molecule has 0 aliphatic carbocycles. The van der Waals surface area contributed by atoms with Crippen molar-refractivity contribution in [3.63, 3.8) is 0 Å². The number of ether oxygens (including phenoxy) is 2. The summed E-state index contributed by atoms with van der Waals surface area (Å²) in [6.45, 7) is -0.226. The maximum Gasteiger partial charge on any atom is 0.171 e. The van der Waals surface area contributed by atoms with E-state index in [9.17, 15) is 0 Å². The minimum Gasteiger partial charge on any atom is -0.492 e. The van der Waals surface area contributed by atoms with Crippen molar-refractivity contribution in [2.24, 2.45) is 0 Å². The maximum atomic E-state index is 9.01. The molecule has 74 valence electrons. The van der Waals surface area contributed by atoms with Crippen LogP contribution in [-0.4, -0.2) is 36.6 Å². The molecule has 1 unspecified atom stereocenters. The molecule has 2 N–H and O–H groups in total. The van der Waals surface area contributed by atoms with Crippen molar-refractivity contribution in [1.29, 1.82) is 0 Å². The van der Waals surface area contributed by atoms with Gasteiger partial charge in [0.15, 0.2) is 11.5 Å². The van der Waals surface area contributed by atoms with Gasteiger partial charge in [0, 0.05) is 10.8 Å². The maximum absolute atomic E-state index is 9.01. The lowest BCUT2D eigenvalue weighted by Crippen LogP contribution is -2.21. The summed E-state index contributed by atoms with van der Waals surface area (Å²) in [5.74, 6) is 1.25. The average molecular weight is 204 g/mol. The molecule has 0 aromatic carbocycles. The Bertz CT molecular complexity index is 248. The van der Waals surface area contributed by atoms with E-state index in [-0.39, 0.29) is 13.2 Å². The molecule has 0 aliphatic rings. The fraction of sp³-hybridized carbons (Fsp3) is 0.500. The topological polar surface area (TPSA) is 58.9 Å². The molecule has 1 aromatic rings. The number of rotatable bonds is 5. The van der Waals surface area contributed by atoms with E-state index in [1.165, 1.54) is 11.3 Å². The summed E-state index contributed by atoms with van der Waals surface area (Å²) in [4.78, 5) is 0. The van der Waals surface area contributed by atoms with Crippen LogP contribution in [0.5, 0.6) is 11.5 Å². The average Bonchev–Trinajstić information content (AvgIpc) is 2.61. The lowest BCUT2D eigenvalue weighted by atomic mass is 10.4. The molecule has 0 amide bonds. The van der Waals surface area contributed by atoms with Crippen molar-refractivity contribution in [2.75, 3.05) is 20.3 Å². The third-order valence-corrected chi connectivity index (χ3v) is 2.16. The Labute approximate surface area is 80.3 Å². The molecule has 0 fully saturated rings. The molecule has 0 aliphatic heterocycles. The summed E-state index contributed by atoms with van der Waals surface area (Å²) in [6, 6.07) is 0. The van der Waals surface area contributed by atoms with E-state index in [0.29, 0.717) is 11.5 Å². The Morgan fingerprint density at radius 3 is 2.77 bits per heavy atom. The van der Waals surface area contributed by atoms with Crippen LogP contribution in [0.4, 0.5) is 0 Å². The van der Waals surface area contributed by atoms with Gasteiger partial charge in [0.1, 0.15) is 12.7 Å². The van der Waals surface area contributed by atoms with Gasteiger partial charge in [-0.15, -0.1) is 11.3 Å². The summed E-state index contributed by atoms with van der Waals surface area (Å²) in [5.41, 5.74) is 0. The number of hydrogen-bond acceptors (Lipinski definition) is 5. The van der Waals surface area contributed by atoms with Gasteiger partial charge in [-0.3, -0.25) is 0 Å². The zero-order valence-corrected chi connectivity index (χ0v) is 8.08. The van der Waals surface area contributed by atoms with E-state index < -0.39 is 6.10 Å². The Morgan fingerprint density at radius 1 is 1.46 bits per heavy atom. The van der Waals surface area contributed by atoms with Crippen molar-refractivity contribution < 1.29 is 19.7 Å². The lowest BCUT2D eigenvalue weighted by Gasteiger charge is -2.09. The highest BCUT2D eigenvalue weighted by molar-refractivity contribution is 7.08. The van der Waals surface area contributed by atoms with Crippen LogP contribution in [0, 0.1) is 0 Å². The van der Waals surface area contributed by atoms with Crippen LogP contribution in [0.3, 0.4) is 0 Å². The fourth-order valence-corrected chi connectivity index (χ4v) is 1.48. The number of hydrogen-bond donors (Lipinski definition) is 2. The van der Waals surface area contributed by atoms with Crippen molar-refractivity contribution in [1.82, 2.24) is 0 Å². The van der Waals surface area contributed by atoms with Gasteiger partial charge in [-0.25, -0.2) is 0 Å². The molecule has 4 nitrogen and oxygen atoms in total. The van der Waals surface area contributed by atoms with Crippen molar-refractivity contribution in [2.45, 2.75) is 6.10 Å². The minimum atomic E-state index is -0.843. The molecule has 1 rings (SSSR count). The van der Waals surface area contributed by atoms with Crippen LogP contribution in [0.25, 0.3) is 0 Å². The predicted molar refractivity (Wildman–Crippen MR) is 49.5 cm³/mol. The van der Waals surface area contributed by atoms with Crippen molar-refractivity contribution >= 4 is 11.3 Å². The third kappa shape index (κ3) is 2.87. The molecular formula is C8H12O4S. The van der Waals surface area contributed by atoms with E-state index >= 15 is 0 Å². The normalized spacial score (nSPS) is 12.5. The summed E-state index contributed by atoms with van der Waals surface area (Å²) < 4.78 is 10.2. The van der Waals surface area contributed by atoms with Gasteiger partial charge in [0.05, 0.1) is 13.7 Å². The van der Waals surface area contributed by atoms with Gasteiger partial charge in [-0.05, 0) is 0 Å². The zero-order valence-electron chi connectivity index (χ0n) is 7.27. The van der Waals surface area contributed by atoms with E-state index in [1.807, 2.05) is 0 Å². The number of aliphatic hydroxyl groups is 2. The second-order valence-corrected chi connectivity index (χ2v) is 3.20.